The number of aromatic nitrogens is 2. The molecule has 7 nitrogen and oxygen atoms in total. The Labute approximate surface area is 211 Å². The first-order valence-electron chi connectivity index (χ1n) is 10.0. The van der Waals surface area contributed by atoms with Crippen molar-refractivity contribution in [2.45, 2.75) is 13.0 Å². The van der Waals surface area contributed by atoms with E-state index in [9.17, 15) is 22.3 Å². The van der Waals surface area contributed by atoms with E-state index in [0.717, 1.165) is 10.4 Å². The van der Waals surface area contributed by atoms with Crippen molar-refractivity contribution in [1.82, 2.24) is 15.3 Å². The molecule has 0 aliphatic heterocycles. The Kier molecular flexibility index (Phi) is 7.27. The van der Waals surface area contributed by atoms with Crippen molar-refractivity contribution in [3.8, 4) is 0 Å². The van der Waals surface area contributed by atoms with Gasteiger partial charge in [0.05, 0.1) is 38.5 Å². The topological polar surface area (TPSA) is 95.4 Å². The monoisotopic (exact) mass is 536 g/mol. The van der Waals surface area contributed by atoms with Crippen LogP contribution in [0.15, 0.2) is 60.9 Å². The Bertz CT molecular complexity index is 1470. The van der Waals surface area contributed by atoms with E-state index in [2.05, 4.69) is 15.3 Å². The summed E-state index contributed by atoms with van der Waals surface area (Å²) in [5.74, 6) is -2.33. The van der Waals surface area contributed by atoms with Crippen LogP contribution >= 0.6 is 23.2 Å². The molecule has 0 aliphatic rings. The summed E-state index contributed by atoms with van der Waals surface area (Å²) in [6.07, 6.45) is 2.89. The van der Waals surface area contributed by atoms with E-state index in [1.54, 1.807) is 12.1 Å². The van der Waals surface area contributed by atoms with E-state index < -0.39 is 34.8 Å². The fourth-order valence-electron chi connectivity index (χ4n) is 3.53. The third-order valence-electron chi connectivity index (χ3n) is 5.13. The lowest BCUT2D eigenvalue weighted by Gasteiger charge is -2.24. The van der Waals surface area contributed by atoms with Gasteiger partial charge < -0.3 is 5.32 Å². The molecule has 0 fully saturated rings. The van der Waals surface area contributed by atoms with Crippen molar-refractivity contribution in [3.05, 3.63) is 93.7 Å². The highest BCUT2D eigenvalue weighted by Gasteiger charge is 2.27. The number of nitrogens with one attached hydrogen (secondary N) is 1. The predicted octanol–water partition coefficient (Wildman–Crippen LogP) is 5.98. The molecule has 180 valence electrons. The standard InChI is InChI=1S/C23H16Cl2F2N4O3S/c1-12(14-6-5-13(26)9-18(14)27)30-23(32)15-10-16(24)17(25)11-21(15)31(35(33)34)20-4-2-3-19-22(20)29-8-7-28-19/h2-12H,1H3,(H,30,32)(H,33,34). The minimum Gasteiger partial charge on any atom is -0.345 e. The van der Waals surface area contributed by atoms with Gasteiger partial charge in [-0.25, -0.2) is 17.3 Å². The lowest BCUT2D eigenvalue weighted by molar-refractivity contribution is 0.0940. The van der Waals surface area contributed by atoms with Gasteiger partial charge in [-0.05, 0) is 37.3 Å². The van der Waals surface area contributed by atoms with Gasteiger partial charge in [-0.1, -0.05) is 35.3 Å². The van der Waals surface area contributed by atoms with Crippen molar-refractivity contribution in [2.24, 2.45) is 0 Å². The highest BCUT2D eigenvalue weighted by Crippen LogP contribution is 2.38. The van der Waals surface area contributed by atoms with Crippen LogP contribution in [0, 0.1) is 11.6 Å². The van der Waals surface area contributed by atoms with E-state index in [0.29, 0.717) is 17.1 Å². The highest BCUT2D eigenvalue weighted by atomic mass is 35.5. The Morgan fingerprint density at radius 2 is 1.77 bits per heavy atom. The van der Waals surface area contributed by atoms with Crippen LogP contribution in [0.4, 0.5) is 20.2 Å². The maximum Gasteiger partial charge on any atom is 0.266 e. The smallest absolute Gasteiger partial charge is 0.266 e. The van der Waals surface area contributed by atoms with Crippen molar-refractivity contribution in [1.29, 1.82) is 0 Å². The van der Waals surface area contributed by atoms with Crippen LogP contribution in [0.1, 0.15) is 28.9 Å². The lowest BCUT2D eigenvalue weighted by atomic mass is 10.1. The van der Waals surface area contributed by atoms with Crippen molar-refractivity contribution in [3.63, 3.8) is 0 Å². The number of fused-ring (bicyclic) bond motifs is 1. The molecule has 4 rings (SSSR count). The molecule has 0 spiro atoms. The Balaban J connectivity index is 1.81. The van der Waals surface area contributed by atoms with Crippen LogP contribution < -0.4 is 9.62 Å². The molecule has 2 unspecified atom stereocenters. The average molecular weight is 537 g/mol. The van der Waals surface area contributed by atoms with Gasteiger partial charge in [0.15, 0.2) is 0 Å². The summed E-state index contributed by atoms with van der Waals surface area (Å²) >= 11 is 9.68. The predicted molar refractivity (Wildman–Crippen MR) is 131 cm³/mol. The van der Waals surface area contributed by atoms with Crippen molar-refractivity contribution < 1.29 is 22.3 Å². The van der Waals surface area contributed by atoms with Gasteiger partial charge in [0.2, 0.25) is 0 Å². The summed E-state index contributed by atoms with van der Waals surface area (Å²) in [5.41, 5.74) is 0.818. The van der Waals surface area contributed by atoms with E-state index in [1.165, 1.54) is 43.6 Å². The third kappa shape index (κ3) is 5.10. The molecule has 3 aromatic carbocycles. The second-order valence-electron chi connectivity index (χ2n) is 7.37. The number of anilines is 2. The number of benzene rings is 3. The summed E-state index contributed by atoms with van der Waals surface area (Å²) in [7, 11) is 0. The molecule has 1 amide bonds. The van der Waals surface area contributed by atoms with Gasteiger partial charge in [-0.2, -0.15) is 0 Å². The number of amides is 1. The first kappa shape index (κ1) is 24.9. The van der Waals surface area contributed by atoms with Crippen LogP contribution in [-0.2, 0) is 11.3 Å². The molecule has 35 heavy (non-hydrogen) atoms. The minimum absolute atomic E-state index is 0.0163. The molecule has 1 heterocycles. The number of hydrogen-bond donors (Lipinski definition) is 2. The number of nitrogens with zero attached hydrogens (tertiary/aromatic N) is 3. The Hall–Kier alpha value is -3.18. The van der Waals surface area contributed by atoms with Crippen LogP contribution in [0.25, 0.3) is 11.0 Å². The maximum atomic E-state index is 14.2. The summed E-state index contributed by atoms with van der Waals surface area (Å²) in [6, 6.07) is 9.45. The molecule has 1 aromatic heterocycles. The Morgan fingerprint density at radius 3 is 2.49 bits per heavy atom. The zero-order chi connectivity index (χ0) is 25.3. The molecular formula is C23H16Cl2F2N4O3S. The summed E-state index contributed by atoms with van der Waals surface area (Å²) in [4.78, 5) is 21.7. The van der Waals surface area contributed by atoms with Gasteiger partial charge in [0.1, 0.15) is 17.2 Å². The molecule has 2 atom stereocenters. The molecule has 0 radical (unpaired) electrons. The average Bonchev–Trinajstić information content (AvgIpc) is 2.81. The van der Waals surface area contributed by atoms with Crippen LogP contribution in [0.3, 0.4) is 0 Å². The number of halogens is 4. The van der Waals surface area contributed by atoms with Gasteiger partial charge >= 0.3 is 0 Å². The van der Waals surface area contributed by atoms with Gasteiger partial charge in [0.25, 0.3) is 17.2 Å². The van der Waals surface area contributed by atoms with Crippen LogP contribution in [0.2, 0.25) is 10.0 Å². The molecule has 0 saturated heterocycles. The van der Waals surface area contributed by atoms with Gasteiger partial charge in [-0.15, -0.1) is 0 Å². The first-order chi connectivity index (χ1) is 16.7. The zero-order valence-corrected chi connectivity index (χ0v) is 20.2. The minimum atomic E-state index is -2.68. The summed E-state index contributed by atoms with van der Waals surface area (Å²) < 4.78 is 51.2. The number of carbonyl (C=O) groups is 1. The maximum absolute atomic E-state index is 14.2. The second-order valence-corrected chi connectivity index (χ2v) is 9.01. The van der Waals surface area contributed by atoms with E-state index in [1.807, 2.05) is 0 Å². The van der Waals surface area contributed by atoms with Crippen LogP contribution in [0.5, 0.6) is 0 Å². The quantitative estimate of drug-likeness (QED) is 0.295. The fourth-order valence-corrected chi connectivity index (χ4v) is 4.49. The fraction of sp³-hybridized carbons (Fsp3) is 0.0870. The van der Waals surface area contributed by atoms with Crippen molar-refractivity contribution in [2.75, 3.05) is 4.31 Å². The zero-order valence-electron chi connectivity index (χ0n) is 17.9. The molecule has 12 heteroatoms. The second kappa shape index (κ2) is 10.2. The molecule has 0 bridgehead atoms. The number of hydrogen-bond acceptors (Lipinski definition) is 4. The normalized spacial score (nSPS) is 12.9. The lowest BCUT2D eigenvalue weighted by Crippen LogP contribution is -2.30. The number of para-hydroxylation sites is 1. The van der Waals surface area contributed by atoms with E-state index in [-0.39, 0.29) is 32.5 Å². The Morgan fingerprint density at radius 1 is 1.06 bits per heavy atom. The largest absolute Gasteiger partial charge is 0.345 e. The van der Waals surface area contributed by atoms with Crippen molar-refractivity contribution >= 4 is 62.8 Å². The molecular weight excluding hydrogens is 521 g/mol. The van der Waals surface area contributed by atoms with Gasteiger partial charge in [0, 0.05) is 24.0 Å². The van der Waals surface area contributed by atoms with E-state index >= 15 is 0 Å². The summed E-state index contributed by atoms with van der Waals surface area (Å²) in [6.45, 7) is 1.51. The number of carbonyl (C=O) groups excluding carboxylic acids is 1. The van der Waals surface area contributed by atoms with Crippen LogP contribution in [-0.4, -0.2) is 24.6 Å². The summed E-state index contributed by atoms with van der Waals surface area (Å²) in [5, 5.41) is 2.65. The number of rotatable bonds is 6. The van der Waals surface area contributed by atoms with Gasteiger partial charge in [-0.3, -0.25) is 19.3 Å². The third-order valence-corrected chi connectivity index (χ3v) is 6.56. The molecule has 0 saturated carbocycles. The molecule has 4 aromatic rings. The highest BCUT2D eigenvalue weighted by molar-refractivity contribution is 7.81. The SMILES string of the molecule is CC(NC(=O)c1cc(Cl)c(Cl)cc1N(c1cccc2nccnc12)S(=O)O)c1ccc(F)cc1F. The van der Waals surface area contributed by atoms with E-state index in [4.69, 9.17) is 23.2 Å². The molecule has 2 N–H and O–H groups in total. The first-order valence-corrected chi connectivity index (χ1v) is 11.8. The molecule has 0 aliphatic carbocycles.